The SMILES string of the molecule is COc1cc(-c2[nH]c(=O)c3cccc(C)c3c2OCCN)ccc1Cl. The van der Waals surface area contributed by atoms with E-state index in [4.69, 9.17) is 26.8 Å². The number of fused-ring (bicyclic) bond motifs is 1. The van der Waals surface area contributed by atoms with Gasteiger partial charge in [-0.1, -0.05) is 29.8 Å². The highest BCUT2D eigenvalue weighted by atomic mass is 35.5. The minimum Gasteiger partial charge on any atom is -0.495 e. The summed E-state index contributed by atoms with van der Waals surface area (Å²) in [5.74, 6) is 1.12. The van der Waals surface area contributed by atoms with Gasteiger partial charge in [0.2, 0.25) is 0 Å². The summed E-state index contributed by atoms with van der Waals surface area (Å²) in [6.07, 6.45) is 0. The Morgan fingerprint density at radius 1 is 1.24 bits per heavy atom. The molecule has 0 bridgehead atoms. The van der Waals surface area contributed by atoms with Gasteiger partial charge in [-0.15, -0.1) is 0 Å². The molecule has 3 N–H and O–H groups in total. The van der Waals surface area contributed by atoms with E-state index in [0.717, 1.165) is 16.5 Å². The maximum absolute atomic E-state index is 12.6. The first kappa shape index (κ1) is 17.3. The Hall–Kier alpha value is -2.50. The Labute approximate surface area is 150 Å². The van der Waals surface area contributed by atoms with Crippen LogP contribution in [-0.2, 0) is 0 Å². The van der Waals surface area contributed by atoms with Gasteiger partial charge in [-0.3, -0.25) is 4.79 Å². The summed E-state index contributed by atoms with van der Waals surface area (Å²) in [5.41, 5.74) is 7.71. The summed E-state index contributed by atoms with van der Waals surface area (Å²) in [6, 6.07) is 10.9. The number of benzene rings is 2. The summed E-state index contributed by atoms with van der Waals surface area (Å²) >= 11 is 6.11. The molecule has 0 aliphatic rings. The van der Waals surface area contributed by atoms with Crippen molar-refractivity contribution in [2.75, 3.05) is 20.3 Å². The van der Waals surface area contributed by atoms with Crippen LogP contribution in [0.4, 0.5) is 0 Å². The number of nitrogens with two attached hydrogens (primary N) is 1. The standard InChI is InChI=1S/C19H19ClN2O3/c1-11-4-3-5-13-16(11)18(25-9-8-21)17(22-19(13)23)12-6-7-14(20)15(10-12)24-2/h3-7,10H,8-9,21H2,1-2H3,(H,22,23). The van der Waals surface area contributed by atoms with Crippen molar-refractivity contribution in [2.24, 2.45) is 5.73 Å². The maximum atomic E-state index is 12.6. The molecular weight excluding hydrogens is 340 g/mol. The smallest absolute Gasteiger partial charge is 0.256 e. The Kier molecular flexibility index (Phi) is 4.97. The number of pyridine rings is 1. The fourth-order valence-electron chi connectivity index (χ4n) is 2.84. The number of aromatic amines is 1. The third-order valence-corrected chi connectivity index (χ3v) is 4.33. The minimum absolute atomic E-state index is 0.178. The molecule has 0 atom stereocenters. The minimum atomic E-state index is -0.178. The largest absolute Gasteiger partial charge is 0.495 e. The summed E-state index contributed by atoms with van der Waals surface area (Å²) in [4.78, 5) is 15.5. The number of H-pyrrole nitrogens is 1. The quantitative estimate of drug-likeness (QED) is 0.731. The Morgan fingerprint density at radius 3 is 2.76 bits per heavy atom. The van der Waals surface area contributed by atoms with Crippen LogP contribution in [0.5, 0.6) is 11.5 Å². The molecule has 0 fully saturated rings. The number of methoxy groups -OCH3 is 1. The number of ether oxygens (including phenoxy) is 2. The van der Waals surface area contributed by atoms with Gasteiger partial charge >= 0.3 is 0 Å². The molecule has 1 aromatic heterocycles. The molecule has 6 heteroatoms. The summed E-state index contributed by atoms with van der Waals surface area (Å²) < 4.78 is 11.2. The van der Waals surface area contributed by atoms with Crippen LogP contribution in [0.3, 0.4) is 0 Å². The number of rotatable bonds is 5. The van der Waals surface area contributed by atoms with Gasteiger partial charge in [0.25, 0.3) is 5.56 Å². The second kappa shape index (κ2) is 7.17. The highest BCUT2D eigenvalue weighted by Crippen LogP contribution is 2.37. The van der Waals surface area contributed by atoms with Crippen LogP contribution in [0.2, 0.25) is 5.02 Å². The summed E-state index contributed by atoms with van der Waals surface area (Å²) in [5, 5.41) is 1.86. The number of hydrogen-bond donors (Lipinski definition) is 2. The molecule has 0 unspecified atom stereocenters. The van der Waals surface area contributed by atoms with E-state index in [-0.39, 0.29) is 5.56 Å². The van der Waals surface area contributed by atoms with E-state index >= 15 is 0 Å². The van der Waals surface area contributed by atoms with E-state index in [1.807, 2.05) is 25.1 Å². The van der Waals surface area contributed by atoms with E-state index in [1.54, 1.807) is 25.3 Å². The highest BCUT2D eigenvalue weighted by molar-refractivity contribution is 6.32. The zero-order valence-corrected chi connectivity index (χ0v) is 14.8. The van der Waals surface area contributed by atoms with Gasteiger partial charge in [-0.2, -0.15) is 0 Å². The van der Waals surface area contributed by atoms with Crippen molar-refractivity contribution in [3.8, 4) is 22.8 Å². The lowest BCUT2D eigenvalue weighted by Gasteiger charge is -2.16. The number of hydrogen-bond acceptors (Lipinski definition) is 4. The average molecular weight is 359 g/mol. The van der Waals surface area contributed by atoms with Crippen LogP contribution >= 0.6 is 11.6 Å². The van der Waals surface area contributed by atoms with Gasteiger partial charge in [0, 0.05) is 17.5 Å². The molecule has 0 saturated carbocycles. The van der Waals surface area contributed by atoms with Gasteiger partial charge in [-0.05, 0) is 30.7 Å². The van der Waals surface area contributed by atoms with Gasteiger partial charge in [-0.25, -0.2) is 0 Å². The first-order valence-corrected chi connectivity index (χ1v) is 8.27. The molecule has 0 aliphatic heterocycles. The van der Waals surface area contributed by atoms with Gasteiger partial charge < -0.3 is 20.2 Å². The van der Waals surface area contributed by atoms with Crippen LogP contribution in [0.15, 0.2) is 41.2 Å². The second-order valence-corrected chi connectivity index (χ2v) is 6.05. The molecule has 1 heterocycles. The van der Waals surface area contributed by atoms with E-state index in [0.29, 0.717) is 40.8 Å². The summed E-state index contributed by atoms with van der Waals surface area (Å²) in [6.45, 7) is 2.66. The van der Waals surface area contributed by atoms with Gasteiger partial charge in [0.1, 0.15) is 12.4 Å². The van der Waals surface area contributed by atoms with Gasteiger partial charge in [0.05, 0.1) is 23.2 Å². The van der Waals surface area contributed by atoms with Crippen molar-refractivity contribution in [1.29, 1.82) is 0 Å². The van der Waals surface area contributed by atoms with Gasteiger partial charge in [0.15, 0.2) is 5.75 Å². The normalized spacial score (nSPS) is 10.9. The molecule has 0 spiro atoms. The second-order valence-electron chi connectivity index (χ2n) is 5.64. The van der Waals surface area contributed by atoms with Crippen LogP contribution in [-0.4, -0.2) is 25.2 Å². The number of aromatic nitrogens is 1. The number of halogens is 1. The van der Waals surface area contributed by atoms with E-state index in [9.17, 15) is 4.79 Å². The molecule has 130 valence electrons. The Morgan fingerprint density at radius 2 is 2.04 bits per heavy atom. The third kappa shape index (κ3) is 3.21. The van der Waals surface area contributed by atoms with Crippen LogP contribution in [0, 0.1) is 6.92 Å². The molecule has 0 saturated heterocycles. The zero-order chi connectivity index (χ0) is 18.0. The molecule has 25 heavy (non-hydrogen) atoms. The molecule has 2 aromatic carbocycles. The fraction of sp³-hybridized carbons (Fsp3) is 0.211. The molecule has 0 aliphatic carbocycles. The van der Waals surface area contributed by atoms with Crippen molar-refractivity contribution in [3.63, 3.8) is 0 Å². The molecule has 5 nitrogen and oxygen atoms in total. The average Bonchev–Trinajstić information content (AvgIpc) is 2.61. The predicted molar refractivity (Wildman–Crippen MR) is 101 cm³/mol. The lowest BCUT2D eigenvalue weighted by molar-refractivity contribution is 0.332. The lowest BCUT2D eigenvalue weighted by atomic mass is 10.0. The van der Waals surface area contributed by atoms with Crippen LogP contribution < -0.4 is 20.8 Å². The highest BCUT2D eigenvalue weighted by Gasteiger charge is 2.17. The molecule has 0 amide bonds. The topological polar surface area (TPSA) is 77.3 Å². The maximum Gasteiger partial charge on any atom is 0.256 e. The lowest BCUT2D eigenvalue weighted by Crippen LogP contribution is -2.15. The van der Waals surface area contributed by atoms with Crippen LogP contribution in [0.25, 0.3) is 22.0 Å². The molecular formula is C19H19ClN2O3. The van der Waals surface area contributed by atoms with E-state index in [1.165, 1.54) is 0 Å². The number of aryl methyl sites for hydroxylation is 1. The Bertz CT molecular complexity index is 982. The summed E-state index contributed by atoms with van der Waals surface area (Å²) in [7, 11) is 1.55. The monoisotopic (exact) mass is 358 g/mol. The third-order valence-electron chi connectivity index (χ3n) is 4.01. The van der Waals surface area contributed by atoms with Crippen molar-refractivity contribution < 1.29 is 9.47 Å². The molecule has 3 rings (SSSR count). The zero-order valence-electron chi connectivity index (χ0n) is 14.1. The van der Waals surface area contributed by atoms with Crippen LogP contribution in [0.1, 0.15) is 5.56 Å². The molecule has 3 aromatic rings. The predicted octanol–water partition coefficient (Wildman–Crippen LogP) is 3.50. The first-order valence-electron chi connectivity index (χ1n) is 7.89. The van der Waals surface area contributed by atoms with Crippen molar-refractivity contribution in [3.05, 3.63) is 57.3 Å². The number of nitrogens with one attached hydrogen (secondary N) is 1. The van der Waals surface area contributed by atoms with E-state index in [2.05, 4.69) is 4.98 Å². The Balaban J connectivity index is 2.34. The van der Waals surface area contributed by atoms with Crippen molar-refractivity contribution >= 4 is 22.4 Å². The molecule has 0 radical (unpaired) electrons. The van der Waals surface area contributed by atoms with Crippen molar-refractivity contribution in [2.45, 2.75) is 6.92 Å². The first-order chi connectivity index (χ1) is 12.1. The fourth-order valence-corrected chi connectivity index (χ4v) is 3.04. The van der Waals surface area contributed by atoms with E-state index < -0.39 is 0 Å². The van der Waals surface area contributed by atoms with Crippen molar-refractivity contribution in [1.82, 2.24) is 4.98 Å².